The number of aromatic nitrogens is 2. The van der Waals surface area contributed by atoms with Crippen LogP contribution in [-0.4, -0.2) is 33.7 Å². The fourth-order valence-corrected chi connectivity index (χ4v) is 5.28. The number of anilines is 2. The molecule has 0 aliphatic heterocycles. The smallest absolute Gasteiger partial charge is 0.349 e. The van der Waals surface area contributed by atoms with Gasteiger partial charge in [-0.3, -0.25) is 14.4 Å². The number of rotatable bonds is 6. The van der Waals surface area contributed by atoms with Gasteiger partial charge < -0.3 is 20.9 Å². The first-order chi connectivity index (χ1) is 17.5. The Morgan fingerprint density at radius 1 is 1.08 bits per heavy atom. The normalized spacial score (nSPS) is 17.4. The third-order valence-corrected chi connectivity index (χ3v) is 7.81. The number of benzene rings is 1. The van der Waals surface area contributed by atoms with E-state index >= 15 is 0 Å². The number of nitrogens with zero attached hydrogens (tertiary/aromatic N) is 1. The minimum Gasteiger partial charge on any atom is -0.349 e. The van der Waals surface area contributed by atoms with Crippen LogP contribution < -0.4 is 16.0 Å². The standard InChI is InChI=1S/C25H26F3N5O3S/c1-24(9-3-2-4-10-24)22(36)30-14-7-8-15-16(11-14)31-19(18(15)21(35)29-13-5-6-13)33-20(34)17-12-37-23(32-17)25(26,27)28/h7-8,11-13,31H,2-6,9-10H2,1H3,(H,29,35)(H,30,36)(H,33,34). The molecule has 2 aliphatic carbocycles. The molecule has 3 amide bonds. The first kappa shape index (κ1) is 25.2. The van der Waals surface area contributed by atoms with Gasteiger partial charge in [0.25, 0.3) is 11.8 Å². The number of alkyl halides is 3. The first-order valence-corrected chi connectivity index (χ1v) is 13.0. The van der Waals surface area contributed by atoms with Crippen molar-refractivity contribution in [3.8, 4) is 0 Å². The monoisotopic (exact) mass is 533 g/mol. The van der Waals surface area contributed by atoms with Crippen molar-refractivity contribution < 1.29 is 27.6 Å². The number of hydrogen-bond donors (Lipinski definition) is 4. The van der Waals surface area contributed by atoms with E-state index in [1.807, 2.05) is 6.92 Å². The van der Waals surface area contributed by atoms with E-state index in [0.717, 1.165) is 50.3 Å². The van der Waals surface area contributed by atoms with Crippen LogP contribution in [0.1, 0.15) is 77.7 Å². The number of amides is 3. The van der Waals surface area contributed by atoms with Gasteiger partial charge >= 0.3 is 6.18 Å². The van der Waals surface area contributed by atoms with Gasteiger partial charge in [-0.25, -0.2) is 4.98 Å². The molecule has 2 saturated carbocycles. The number of H-pyrrole nitrogens is 1. The fraction of sp³-hybridized carbons (Fsp3) is 0.440. The topological polar surface area (TPSA) is 116 Å². The Kier molecular flexibility index (Phi) is 6.47. The average molecular weight is 534 g/mol. The van der Waals surface area contributed by atoms with E-state index in [0.29, 0.717) is 27.9 Å². The molecule has 0 radical (unpaired) electrons. The van der Waals surface area contributed by atoms with Crippen LogP contribution in [-0.2, 0) is 11.0 Å². The summed E-state index contributed by atoms with van der Waals surface area (Å²) in [5.74, 6) is -1.31. The molecule has 0 spiro atoms. The highest BCUT2D eigenvalue weighted by atomic mass is 32.1. The number of carbonyl (C=O) groups is 3. The summed E-state index contributed by atoms with van der Waals surface area (Å²) >= 11 is 0.320. The molecule has 4 N–H and O–H groups in total. The summed E-state index contributed by atoms with van der Waals surface area (Å²) in [6, 6.07) is 5.08. The molecule has 3 aromatic rings. The van der Waals surface area contributed by atoms with Gasteiger partial charge in [0.1, 0.15) is 11.5 Å². The van der Waals surface area contributed by atoms with Crippen molar-refractivity contribution in [3.63, 3.8) is 0 Å². The third kappa shape index (κ3) is 5.34. The highest BCUT2D eigenvalue weighted by Crippen LogP contribution is 2.37. The Labute approximate surface area is 214 Å². The lowest BCUT2D eigenvalue weighted by molar-refractivity contribution is -0.137. The molecule has 0 saturated heterocycles. The predicted octanol–water partition coefficient (Wildman–Crippen LogP) is 5.70. The SMILES string of the molecule is CC1(C(=O)Nc2ccc3c(C(=O)NC4CC4)c(NC(=O)c4csc(C(F)(F)F)n4)[nH]c3c2)CCCCC1. The van der Waals surface area contributed by atoms with Crippen LogP contribution in [0, 0.1) is 5.41 Å². The zero-order chi connectivity index (χ0) is 26.4. The Hall–Kier alpha value is -3.41. The molecule has 37 heavy (non-hydrogen) atoms. The Morgan fingerprint density at radius 2 is 1.81 bits per heavy atom. The summed E-state index contributed by atoms with van der Waals surface area (Å²) in [7, 11) is 0. The Bertz CT molecular complexity index is 1370. The molecule has 2 fully saturated rings. The number of carbonyl (C=O) groups excluding carboxylic acids is 3. The summed E-state index contributed by atoms with van der Waals surface area (Å²) in [5.41, 5.74) is 0.334. The highest BCUT2D eigenvalue weighted by molar-refractivity contribution is 7.10. The quantitative estimate of drug-likeness (QED) is 0.325. The van der Waals surface area contributed by atoms with Gasteiger partial charge in [-0.1, -0.05) is 26.2 Å². The molecule has 2 aromatic heterocycles. The Balaban J connectivity index is 1.43. The van der Waals surface area contributed by atoms with Gasteiger partial charge in [0.15, 0.2) is 5.01 Å². The minimum atomic E-state index is -4.66. The number of fused-ring (bicyclic) bond motifs is 1. The van der Waals surface area contributed by atoms with Crippen LogP contribution >= 0.6 is 11.3 Å². The van der Waals surface area contributed by atoms with E-state index in [2.05, 4.69) is 25.9 Å². The maximum absolute atomic E-state index is 13.0. The lowest BCUT2D eigenvalue weighted by atomic mass is 9.75. The van der Waals surface area contributed by atoms with Crippen LogP contribution in [0.4, 0.5) is 24.7 Å². The molecule has 5 rings (SSSR count). The van der Waals surface area contributed by atoms with E-state index in [-0.39, 0.29) is 23.3 Å². The molecule has 196 valence electrons. The zero-order valence-corrected chi connectivity index (χ0v) is 20.9. The van der Waals surface area contributed by atoms with Crippen LogP contribution in [0.5, 0.6) is 0 Å². The van der Waals surface area contributed by atoms with Crippen LogP contribution in [0.15, 0.2) is 23.6 Å². The molecule has 0 bridgehead atoms. The first-order valence-electron chi connectivity index (χ1n) is 12.2. The lowest BCUT2D eigenvalue weighted by Crippen LogP contribution is -2.35. The second kappa shape index (κ2) is 9.47. The van der Waals surface area contributed by atoms with Crippen molar-refractivity contribution in [2.24, 2.45) is 5.41 Å². The van der Waals surface area contributed by atoms with Gasteiger partial charge in [0.05, 0.1) is 5.56 Å². The summed E-state index contributed by atoms with van der Waals surface area (Å²) in [5, 5.41) is 8.74. The van der Waals surface area contributed by atoms with Gasteiger partial charge in [-0.15, -0.1) is 11.3 Å². The molecule has 2 aliphatic rings. The number of aromatic amines is 1. The molecule has 12 heteroatoms. The van der Waals surface area contributed by atoms with E-state index < -0.39 is 34.1 Å². The molecule has 2 heterocycles. The highest BCUT2D eigenvalue weighted by Gasteiger charge is 2.36. The maximum Gasteiger partial charge on any atom is 0.443 e. The summed E-state index contributed by atoms with van der Waals surface area (Å²) in [6.07, 6.45) is 1.81. The molecular weight excluding hydrogens is 507 g/mol. The lowest BCUT2D eigenvalue weighted by Gasteiger charge is -2.32. The fourth-order valence-electron chi connectivity index (χ4n) is 4.62. The summed E-state index contributed by atoms with van der Waals surface area (Å²) in [6.45, 7) is 1.96. The van der Waals surface area contributed by atoms with Crippen LogP contribution in [0.25, 0.3) is 10.9 Å². The third-order valence-electron chi connectivity index (χ3n) is 6.92. The molecule has 0 atom stereocenters. The second-order valence-electron chi connectivity index (χ2n) is 9.95. The molecule has 0 unspecified atom stereocenters. The van der Waals surface area contributed by atoms with Crippen LogP contribution in [0.2, 0.25) is 0 Å². The molecule has 1 aromatic carbocycles. The van der Waals surface area contributed by atoms with Crippen molar-refractivity contribution in [2.75, 3.05) is 10.6 Å². The maximum atomic E-state index is 13.0. The van der Waals surface area contributed by atoms with E-state index in [1.165, 1.54) is 0 Å². The number of nitrogens with one attached hydrogen (secondary N) is 4. The van der Waals surface area contributed by atoms with Crippen molar-refractivity contribution in [2.45, 2.75) is 64.1 Å². The van der Waals surface area contributed by atoms with Crippen molar-refractivity contribution in [1.82, 2.24) is 15.3 Å². The largest absolute Gasteiger partial charge is 0.443 e. The Morgan fingerprint density at radius 3 is 2.46 bits per heavy atom. The van der Waals surface area contributed by atoms with E-state index in [1.54, 1.807) is 18.2 Å². The summed E-state index contributed by atoms with van der Waals surface area (Å²) in [4.78, 5) is 45.1. The van der Waals surface area contributed by atoms with E-state index in [9.17, 15) is 27.6 Å². The number of thiazole rings is 1. The van der Waals surface area contributed by atoms with Gasteiger partial charge in [-0.2, -0.15) is 13.2 Å². The minimum absolute atomic E-state index is 0.0439. The predicted molar refractivity (Wildman–Crippen MR) is 134 cm³/mol. The van der Waals surface area contributed by atoms with Gasteiger partial charge in [0.2, 0.25) is 5.91 Å². The van der Waals surface area contributed by atoms with Gasteiger partial charge in [-0.05, 0) is 43.9 Å². The zero-order valence-electron chi connectivity index (χ0n) is 20.1. The van der Waals surface area contributed by atoms with Crippen LogP contribution in [0.3, 0.4) is 0 Å². The summed E-state index contributed by atoms with van der Waals surface area (Å²) < 4.78 is 38.8. The number of halogens is 3. The molecular formula is C25H26F3N5O3S. The second-order valence-corrected chi connectivity index (χ2v) is 10.8. The van der Waals surface area contributed by atoms with E-state index in [4.69, 9.17) is 0 Å². The van der Waals surface area contributed by atoms with Crippen molar-refractivity contribution >= 4 is 51.5 Å². The number of hydrogen-bond acceptors (Lipinski definition) is 5. The molecule has 8 nitrogen and oxygen atoms in total. The van der Waals surface area contributed by atoms with Gasteiger partial charge in [0, 0.05) is 33.4 Å². The average Bonchev–Trinajstić information content (AvgIpc) is 3.36. The van der Waals surface area contributed by atoms with Crippen molar-refractivity contribution in [3.05, 3.63) is 39.8 Å². The van der Waals surface area contributed by atoms with Crippen molar-refractivity contribution in [1.29, 1.82) is 0 Å².